The predicted molar refractivity (Wildman–Crippen MR) is 70.9 cm³/mol. The standard InChI is InChI=1S/C14H20F2N2O/c1-18(2)5-6-19-11-7-10-3-4-17-9-13(10)12(8-11)14(15)16/h7-8,14,17H,3-6,9H2,1-2H3. The number of hydrogen-bond acceptors (Lipinski definition) is 3. The van der Waals surface area contributed by atoms with Gasteiger partial charge in [0.1, 0.15) is 12.4 Å². The van der Waals surface area contributed by atoms with Gasteiger partial charge in [-0.3, -0.25) is 0 Å². The molecule has 1 aromatic carbocycles. The molecule has 1 aliphatic rings. The molecule has 19 heavy (non-hydrogen) atoms. The van der Waals surface area contributed by atoms with Crippen molar-refractivity contribution in [2.75, 3.05) is 33.8 Å². The van der Waals surface area contributed by atoms with Gasteiger partial charge in [0, 0.05) is 18.7 Å². The van der Waals surface area contributed by atoms with E-state index in [9.17, 15) is 8.78 Å². The summed E-state index contributed by atoms with van der Waals surface area (Å²) in [5.41, 5.74) is 1.82. The average Bonchev–Trinajstić information content (AvgIpc) is 2.37. The van der Waals surface area contributed by atoms with Crippen LogP contribution in [0.25, 0.3) is 0 Å². The van der Waals surface area contributed by atoms with E-state index >= 15 is 0 Å². The van der Waals surface area contributed by atoms with Crippen LogP contribution in [-0.2, 0) is 13.0 Å². The van der Waals surface area contributed by atoms with Gasteiger partial charge >= 0.3 is 0 Å². The van der Waals surface area contributed by atoms with Crippen molar-refractivity contribution in [3.05, 3.63) is 28.8 Å². The lowest BCUT2D eigenvalue weighted by atomic mass is 9.95. The minimum atomic E-state index is -2.45. The summed E-state index contributed by atoms with van der Waals surface area (Å²) in [4.78, 5) is 2.00. The van der Waals surface area contributed by atoms with E-state index in [1.165, 1.54) is 6.07 Å². The number of nitrogens with zero attached hydrogens (tertiary/aromatic N) is 1. The highest BCUT2D eigenvalue weighted by Crippen LogP contribution is 2.31. The molecule has 2 rings (SSSR count). The summed E-state index contributed by atoms with van der Waals surface area (Å²) in [6.07, 6.45) is -1.68. The molecule has 1 N–H and O–H groups in total. The minimum absolute atomic E-state index is 0.101. The maximum absolute atomic E-state index is 13.1. The number of fused-ring (bicyclic) bond motifs is 1. The van der Waals surface area contributed by atoms with E-state index < -0.39 is 6.43 Å². The zero-order chi connectivity index (χ0) is 13.8. The summed E-state index contributed by atoms with van der Waals surface area (Å²) in [6.45, 7) is 2.62. The van der Waals surface area contributed by atoms with Gasteiger partial charge in [-0.25, -0.2) is 8.78 Å². The molecule has 1 aliphatic heterocycles. The third-order valence-corrected chi connectivity index (χ3v) is 3.27. The normalized spacial score (nSPS) is 14.8. The molecule has 0 saturated carbocycles. The largest absolute Gasteiger partial charge is 0.492 e. The third kappa shape index (κ3) is 3.64. The van der Waals surface area contributed by atoms with E-state index in [1.54, 1.807) is 0 Å². The molecule has 0 amide bonds. The molecule has 0 bridgehead atoms. The van der Waals surface area contributed by atoms with Gasteiger partial charge < -0.3 is 15.0 Å². The Morgan fingerprint density at radius 2 is 2.16 bits per heavy atom. The Morgan fingerprint density at radius 3 is 2.84 bits per heavy atom. The smallest absolute Gasteiger partial charge is 0.264 e. The van der Waals surface area contributed by atoms with Gasteiger partial charge in [-0.05, 0) is 50.3 Å². The molecular weight excluding hydrogens is 250 g/mol. The summed E-state index contributed by atoms with van der Waals surface area (Å²) in [6, 6.07) is 3.38. The van der Waals surface area contributed by atoms with Crippen LogP contribution < -0.4 is 10.1 Å². The zero-order valence-electron chi connectivity index (χ0n) is 11.4. The average molecular weight is 270 g/mol. The highest BCUT2D eigenvalue weighted by atomic mass is 19.3. The van der Waals surface area contributed by atoms with Crippen molar-refractivity contribution >= 4 is 0 Å². The lowest BCUT2D eigenvalue weighted by molar-refractivity contribution is 0.149. The molecule has 0 aromatic heterocycles. The van der Waals surface area contributed by atoms with Crippen molar-refractivity contribution in [2.24, 2.45) is 0 Å². The number of rotatable bonds is 5. The van der Waals surface area contributed by atoms with Crippen LogP contribution >= 0.6 is 0 Å². The highest BCUT2D eigenvalue weighted by molar-refractivity contribution is 5.44. The SMILES string of the molecule is CN(C)CCOc1cc2c(c(C(F)F)c1)CNCC2. The maximum Gasteiger partial charge on any atom is 0.264 e. The second-order valence-electron chi connectivity index (χ2n) is 5.03. The topological polar surface area (TPSA) is 24.5 Å². The Morgan fingerprint density at radius 1 is 1.37 bits per heavy atom. The molecule has 0 unspecified atom stereocenters. The first-order chi connectivity index (χ1) is 9.08. The van der Waals surface area contributed by atoms with E-state index in [-0.39, 0.29) is 5.56 Å². The lowest BCUT2D eigenvalue weighted by Crippen LogP contribution is -2.25. The molecule has 0 fully saturated rings. The van der Waals surface area contributed by atoms with Crippen LogP contribution in [0.3, 0.4) is 0 Å². The van der Waals surface area contributed by atoms with Crippen molar-refractivity contribution in [2.45, 2.75) is 19.4 Å². The molecule has 1 aromatic rings. The number of ether oxygens (including phenoxy) is 1. The van der Waals surface area contributed by atoms with Crippen LogP contribution in [0.5, 0.6) is 5.75 Å². The van der Waals surface area contributed by atoms with Crippen molar-refractivity contribution in [3.8, 4) is 5.75 Å². The Hall–Kier alpha value is -1.20. The molecule has 5 heteroatoms. The second kappa shape index (κ2) is 6.30. The monoisotopic (exact) mass is 270 g/mol. The number of benzene rings is 1. The second-order valence-corrected chi connectivity index (χ2v) is 5.03. The van der Waals surface area contributed by atoms with Crippen LogP contribution in [0.15, 0.2) is 12.1 Å². The Labute approximate surface area is 112 Å². The first kappa shape index (κ1) is 14.2. The van der Waals surface area contributed by atoms with Crippen LogP contribution in [0.4, 0.5) is 8.78 Å². The van der Waals surface area contributed by atoms with E-state index in [4.69, 9.17) is 4.74 Å². The molecule has 0 aliphatic carbocycles. The molecule has 0 saturated heterocycles. The quantitative estimate of drug-likeness (QED) is 0.888. The van der Waals surface area contributed by atoms with E-state index in [2.05, 4.69) is 5.32 Å². The first-order valence-corrected chi connectivity index (χ1v) is 6.50. The van der Waals surface area contributed by atoms with Gasteiger partial charge in [-0.2, -0.15) is 0 Å². The van der Waals surface area contributed by atoms with Gasteiger partial charge in [0.15, 0.2) is 0 Å². The zero-order valence-corrected chi connectivity index (χ0v) is 11.4. The molecule has 3 nitrogen and oxygen atoms in total. The summed E-state index contributed by atoms with van der Waals surface area (Å²) in [5, 5.41) is 3.13. The van der Waals surface area contributed by atoms with Gasteiger partial charge in [-0.1, -0.05) is 0 Å². The van der Waals surface area contributed by atoms with Crippen LogP contribution in [0.1, 0.15) is 23.1 Å². The molecular formula is C14H20F2N2O. The van der Waals surface area contributed by atoms with Crippen LogP contribution in [0, 0.1) is 0 Å². The van der Waals surface area contributed by atoms with Gasteiger partial charge in [0.05, 0.1) is 0 Å². The number of nitrogens with one attached hydrogen (secondary N) is 1. The third-order valence-electron chi connectivity index (χ3n) is 3.27. The van der Waals surface area contributed by atoms with Crippen molar-refractivity contribution in [1.29, 1.82) is 0 Å². The van der Waals surface area contributed by atoms with Gasteiger partial charge in [0.2, 0.25) is 0 Å². The first-order valence-electron chi connectivity index (χ1n) is 6.50. The Balaban J connectivity index is 2.18. The van der Waals surface area contributed by atoms with Crippen LogP contribution in [0.2, 0.25) is 0 Å². The number of halogens is 2. The molecule has 0 atom stereocenters. The summed E-state index contributed by atoms with van der Waals surface area (Å²) >= 11 is 0. The number of likely N-dealkylation sites (N-methyl/N-ethyl adjacent to an activating group) is 1. The molecule has 1 heterocycles. The fourth-order valence-electron chi connectivity index (χ4n) is 2.23. The number of hydrogen-bond donors (Lipinski definition) is 1. The van der Waals surface area contributed by atoms with E-state index in [0.717, 1.165) is 30.6 Å². The van der Waals surface area contributed by atoms with Crippen molar-refractivity contribution < 1.29 is 13.5 Å². The Bertz CT molecular complexity index is 436. The summed E-state index contributed by atoms with van der Waals surface area (Å²) in [5.74, 6) is 0.554. The predicted octanol–water partition coefficient (Wildman–Crippen LogP) is 2.21. The van der Waals surface area contributed by atoms with Gasteiger partial charge in [0.25, 0.3) is 6.43 Å². The summed E-state index contributed by atoms with van der Waals surface area (Å²) < 4.78 is 31.8. The molecule has 106 valence electrons. The molecule has 0 radical (unpaired) electrons. The Kier molecular flexibility index (Phi) is 4.71. The minimum Gasteiger partial charge on any atom is -0.492 e. The van der Waals surface area contributed by atoms with Crippen molar-refractivity contribution in [3.63, 3.8) is 0 Å². The summed E-state index contributed by atoms with van der Waals surface area (Å²) in [7, 11) is 3.90. The number of alkyl halides is 2. The maximum atomic E-state index is 13.1. The highest BCUT2D eigenvalue weighted by Gasteiger charge is 2.20. The van der Waals surface area contributed by atoms with Gasteiger partial charge in [-0.15, -0.1) is 0 Å². The van der Waals surface area contributed by atoms with Crippen LogP contribution in [-0.4, -0.2) is 38.7 Å². The molecule has 0 spiro atoms. The van der Waals surface area contributed by atoms with E-state index in [1.807, 2.05) is 25.1 Å². The van der Waals surface area contributed by atoms with Crippen molar-refractivity contribution in [1.82, 2.24) is 10.2 Å². The fourth-order valence-corrected chi connectivity index (χ4v) is 2.23. The van der Waals surface area contributed by atoms with E-state index in [0.29, 0.717) is 18.9 Å². The fraction of sp³-hybridized carbons (Fsp3) is 0.571. The lowest BCUT2D eigenvalue weighted by Gasteiger charge is -2.22.